The van der Waals surface area contributed by atoms with Gasteiger partial charge < -0.3 is 9.47 Å². The molecule has 2 aromatic heterocycles. The first-order valence-electron chi connectivity index (χ1n) is 8.18. The molecule has 1 aliphatic heterocycles. The standard InChI is InChI=1S/C16H24N6O/c1-4-12-10-13(19-18-12)16(23)22-9-8-21(5-2)14(11-22)15-17-6-7-20(15)3/h6-7,10,14H,4-5,8-9,11H2,1-3H3,(H,18,19). The van der Waals surface area contributed by atoms with Crippen LogP contribution in [0.4, 0.5) is 0 Å². The Bertz CT molecular complexity index is 676. The van der Waals surface area contributed by atoms with E-state index in [1.165, 1.54) is 0 Å². The number of nitrogens with zero attached hydrogens (tertiary/aromatic N) is 5. The quantitative estimate of drug-likeness (QED) is 0.921. The SMILES string of the molecule is CCc1cc(C(=O)N2CCN(CC)C(c3nccn3C)C2)n[nH]1. The summed E-state index contributed by atoms with van der Waals surface area (Å²) in [7, 11) is 2.00. The molecule has 1 saturated heterocycles. The normalized spacial score (nSPS) is 19.3. The van der Waals surface area contributed by atoms with Gasteiger partial charge in [0.2, 0.25) is 0 Å². The predicted molar refractivity (Wildman–Crippen MR) is 87.1 cm³/mol. The first-order chi connectivity index (χ1) is 11.1. The smallest absolute Gasteiger partial charge is 0.274 e. The van der Waals surface area contributed by atoms with Gasteiger partial charge in [0.25, 0.3) is 5.91 Å². The number of imidazole rings is 1. The molecule has 0 spiro atoms. The first kappa shape index (κ1) is 15.7. The van der Waals surface area contributed by atoms with Gasteiger partial charge in [-0.05, 0) is 19.0 Å². The van der Waals surface area contributed by atoms with Crippen LogP contribution in [0, 0.1) is 0 Å². The summed E-state index contributed by atoms with van der Waals surface area (Å²) < 4.78 is 2.03. The second-order valence-electron chi connectivity index (χ2n) is 5.92. The number of hydrogen-bond donors (Lipinski definition) is 1. The highest BCUT2D eigenvalue weighted by atomic mass is 16.2. The maximum absolute atomic E-state index is 12.7. The van der Waals surface area contributed by atoms with Crippen LogP contribution in [0.1, 0.15) is 41.9 Å². The number of rotatable bonds is 4. The number of carbonyl (C=O) groups excluding carboxylic acids is 1. The number of H-pyrrole nitrogens is 1. The van der Waals surface area contributed by atoms with Crippen molar-refractivity contribution in [3.05, 3.63) is 35.7 Å². The van der Waals surface area contributed by atoms with E-state index >= 15 is 0 Å². The Morgan fingerprint density at radius 2 is 2.22 bits per heavy atom. The number of aromatic amines is 1. The molecule has 3 heterocycles. The molecule has 1 amide bonds. The van der Waals surface area contributed by atoms with E-state index in [9.17, 15) is 4.79 Å². The van der Waals surface area contributed by atoms with Gasteiger partial charge in [0.15, 0.2) is 0 Å². The molecular formula is C16H24N6O. The lowest BCUT2D eigenvalue weighted by molar-refractivity contribution is 0.0467. The summed E-state index contributed by atoms with van der Waals surface area (Å²) in [6.07, 6.45) is 4.61. The minimum absolute atomic E-state index is 0.00378. The fourth-order valence-electron chi connectivity index (χ4n) is 3.14. The summed E-state index contributed by atoms with van der Waals surface area (Å²) in [5.74, 6) is 0.997. The Morgan fingerprint density at radius 1 is 1.39 bits per heavy atom. The largest absolute Gasteiger partial charge is 0.337 e. The van der Waals surface area contributed by atoms with Crippen LogP contribution in [-0.4, -0.2) is 61.6 Å². The highest BCUT2D eigenvalue weighted by Crippen LogP contribution is 2.24. The summed E-state index contributed by atoms with van der Waals surface area (Å²) in [5.41, 5.74) is 1.49. The molecule has 7 heteroatoms. The van der Waals surface area contributed by atoms with Crippen molar-refractivity contribution in [1.82, 2.24) is 29.5 Å². The molecule has 1 fully saturated rings. The third kappa shape index (κ3) is 3.01. The molecule has 0 bridgehead atoms. The van der Waals surface area contributed by atoms with Crippen molar-refractivity contribution in [2.75, 3.05) is 26.2 Å². The van der Waals surface area contributed by atoms with E-state index < -0.39 is 0 Å². The second-order valence-corrected chi connectivity index (χ2v) is 5.92. The zero-order chi connectivity index (χ0) is 16.4. The van der Waals surface area contributed by atoms with Crippen molar-refractivity contribution in [2.24, 2.45) is 7.05 Å². The molecule has 1 atom stereocenters. The van der Waals surface area contributed by atoms with Gasteiger partial charge >= 0.3 is 0 Å². The lowest BCUT2D eigenvalue weighted by Crippen LogP contribution is -2.51. The van der Waals surface area contributed by atoms with Crippen LogP contribution in [-0.2, 0) is 13.5 Å². The van der Waals surface area contributed by atoms with Crippen LogP contribution < -0.4 is 0 Å². The van der Waals surface area contributed by atoms with Crippen LogP contribution in [0.3, 0.4) is 0 Å². The van der Waals surface area contributed by atoms with Crippen LogP contribution in [0.5, 0.6) is 0 Å². The third-order valence-electron chi connectivity index (χ3n) is 4.57. The summed E-state index contributed by atoms with van der Waals surface area (Å²) in [5, 5.41) is 7.07. The molecule has 1 unspecified atom stereocenters. The molecule has 0 aromatic carbocycles. The molecule has 124 valence electrons. The Labute approximate surface area is 136 Å². The fraction of sp³-hybridized carbons (Fsp3) is 0.562. The fourth-order valence-corrected chi connectivity index (χ4v) is 3.14. The highest BCUT2D eigenvalue weighted by molar-refractivity contribution is 5.92. The van der Waals surface area contributed by atoms with Crippen LogP contribution in [0.2, 0.25) is 0 Å². The van der Waals surface area contributed by atoms with Gasteiger partial charge in [0, 0.05) is 44.8 Å². The van der Waals surface area contributed by atoms with Gasteiger partial charge in [0.05, 0.1) is 6.04 Å². The van der Waals surface area contributed by atoms with Crippen LogP contribution in [0.25, 0.3) is 0 Å². The number of hydrogen-bond acceptors (Lipinski definition) is 4. The van der Waals surface area contributed by atoms with Crippen molar-refractivity contribution < 1.29 is 4.79 Å². The average Bonchev–Trinajstić information content (AvgIpc) is 3.22. The lowest BCUT2D eigenvalue weighted by atomic mass is 10.1. The number of aromatic nitrogens is 4. The highest BCUT2D eigenvalue weighted by Gasteiger charge is 2.32. The van der Waals surface area contributed by atoms with E-state index in [-0.39, 0.29) is 11.9 Å². The molecule has 3 rings (SSSR count). The number of nitrogens with one attached hydrogen (secondary N) is 1. The Balaban J connectivity index is 1.79. The molecular weight excluding hydrogens is 292 g/mol. The zero-order valence-electron chi connectivity index (χ0n) is 14.0. The minimum Gasteiger partial charge on any atom is -0.337 e. The van der Waals surface area contributed by atoms with E-state index in [0.29, 0.717) is 12.2 Å². The zero-order valence-corrected chi connectivity index (χ0v) is 14.0. The molecule has 7 nitrogen and oxygen atoms in total. The van der Waals surface area contributed by atoms with Crippen molar-refractivity contribution in [3.63, 3.8) is 0 Å². The van der Waals surface area contributed by atoms with Gasteiger partial charge in [-0.2, -0.15) is 5.10 Å². The first-order valence-corrected chi connectivity index (χ1v) is 8.18. The number of piperazine rings is 1. The van der Waals surface area contributed by atoms with Gasteiger partial charge in [0.1, 0.15) is 11.5 Å². The molecule has 0 saturated carbocycles. The molecule has 0 radical (unpaired) electrons. The molecule has 1 aliphatic rings. The molecule has 1 N–H and O–H groups in total. The van der Waals surface area contributed by atoms with E-state index in [1.54, 1.807) is 0 Å². The van der Waals surface area contributed by atoms with E-state index in [0.717, 1.165) is 37.6 Å². The van der Waals surface area contributed by atoms with Crippen molar-refractivity contribution in [2.45, 2.75) is 26.3 Å². The molecule has 2 aromatic rings. The maximum Gasteiger partial charge on any atom is 0.274 e. The summed E-state index contributed by atoms with van der Waals surface area (Å²) >= 11 is 0. The van der Waals surface area contributed by atoms with Gasteiger partial charge in [-0.1, -0.05) is 13.8 Å². The van der Waals surface area contributed by atoms with Crippen molar-refractivity contribution >= 4 is 5.91 Å². The van der Waals surface area contributed by atoms with E-state index in [1.807, 2.05) is 41.9 Å². The van der Waals surface area contributed by atoms with E-state index in [4.69, 9.17) is 0 Å². The van der Waals surface area contributed by atoms with Crippen molar-refractivity contribution in [1.29, 1.82) is 0 Å². The van der Waals surface area contributed by atoms with Crippen LogP contribution in [0.15, 0.2) is 18.5 Å². The van der Waals surface area contributed by atoms with Crippen LogP contribution >= 0.6 is 0 Å². The number of aryl methyl sites for hydroxylation is 2. The Kier molecular flexibility index (Phi) is 4.47. The van der Waals surface area contributed by atoms with Gasteiger partial charge in [-0.3, -0.25) is 14.8 Å². The maximum atomic E-state index is 12.7. The third-order valence-corrected chi connectivity index (χ3v) is 4.57. The minimum atomic E-state index is -0.00378. The Morgan fingerprint density at radius 3 is 2.83 bits per heavy atom. The monoisotopic (exact) mass is 316 g/mol. The lowest BCUT2D eigenvalue weighted by Gasteiger charge is -2.40. The van der Waals surface area contributed by atoms with Gasteiger partial charge in [-0.15, -0.1) is 0 Å². The number of likely N-dealkylation sites (N-methyl/N-ethyl adjacent to an activating group) is 1. The predicted octanol–water partition coefficient (Wildman–Crippen LogP) is 1.22. The Hall–Kier alpha value is -2.15. The summed E-state index contributed by atoms with van der Waals surface area (Å²) in [4.78, 5) is 21.5. The second kappa shape index (κ2) is 6.54. The number of amides is 1. The van der Waals surface area contributed by atoms with Crippen molar-refractivity contribution in [3.8, 4) is 0 Å². The van der Waals surface area contributed by atoms with Gasteiger partial charge in [-0.25, -0.2) is 4.98 Å². The topological polar surface area (TPSA) is 70.1 Å². The summed E-state index contributed by atoms with van der Waals surface area (Å²) in [6.45, 7) is 7.36. The average molecular weight is 316 g/mol. The van der Waals surface area contributed by atoms with E-state index in [2.05, 4.69) is 27.0 Å². The number of carbonyl (C=O) groups is 1. The molecule has 23 heavy (non-hydrogen) atoms. The summed E-state index contributed by atoms with van der Waals surface area (Å²) in [6, 6.07) is 1.98. The molecule has 0 aliphatic carbocycles.